The Bertz CT molecular complexity index is 176. The summed E-state index contributed by atoms with van der Waals surface area (Å²) in [6.07, 6.45) is 1.19. The molecule has 70 valence electrons. The van der Waals surface area contributed by atoms with Gasteiger partial charge in [0.05, 0.1) is 5.54 Å². The SMILES string of the molecule is FC1(F)CCCNC12CCNC2. The summed E-state index contributed by atoms with van der Waals surface area (Å²) in [6, 6.07) is 0. The fourth-order valence-corrected chi connectivity index (χ4v) is 2.16. The molecule has 2 saturated heterocycles. The molecular formula is C8H14F2N2. The molecule has 2 fully saturated rings. The van der Waals surface area contributed by atoms with Crippen LogP contribution in [0, 0.1) is 0 Å². The minimum Gasteiger partial charge on any atom is -0.315 e. The standard InChI is InChI=1S/C8H14F2N2/c9-8(10)2-1-4-12-7(8)3-5-11-6-7/h11-12H,1-6H2. The fraction of sp³-hybridized carbons (Fsp3) is 1.00. The number of nitrogens with one attached hydrogen (secondary N) is 2. The van der Waals surface area contributed by atoms with Crippen molar-refractivity contribution < 1.29 is 8.78 Å². The molecule has 2 rings (SSSR count). The highest BCUT2D eigenvalue weighted by molar-refractivity contribution is 5.07. The van der Waals surface area contributed by atoms with Gasteiger partial charge in [-0.3, -0.25) is 0 Å². The highest BCUT2D eigenvalue weighted by Gasteiger charge is 2.55. The molecule has 1 unspecified atom stereocenters. The average molecular weight is 176 g/mol. The molecule has 0 aromatic carbocycles. The molecule has 4 heteroatoms. The summed E-state index contributed by atoms with van der Waals surface area (Å²) in [5.41, 5.74) is -0.925. The summed E-state index contributed by atoms with van der Waals surface area (Å²) < 4.78 is 26.9. The van der Waals surface area contributed by atoms with Gasteiger partial charge in [0, 0.05) is 13.0 Å². The van der Waals surface area contributed by atoms with Crippen molar-refractivity contribution in [3.63, 3.8) is 0 Å². The maximum Gasteiger partial charge on any atom is 0.267 e. The summed E-state index contributed by atoms with van der Waals surface area (Å²) in [7, 11) is 0. The molecule has 2 aliphatic rings. The van der Waals surface area contributed by atoms with E-state index < -0.39 is 11.5 Å². The van der Waals surface area contributed by atoms with Crippen LogP contribution < -0.4 is 10.6 Å². The molecule has 0 saturated carbocycles. The Morgan fingerprint density at radius 3 is 2.50 bits per heavy atom. The van der Waals surface area contributed by atoms with Crippen LogP contribution in [0.5, 0.6) is 0 Å². The van der Waals surface area contributed by atoms with Crippen LogP contribution in [-0.4, -0.2) is 31.1 Å². The second kappa shape index (κ2) is 2.64. The average Bonchev–Trinajstić information content (AvgIpc) is 2.46. The van der Waals surface area contributed by atoms with E-state index in [1.165, 1.54) is 0 Å². The minimum atomic E-state index is -2.52. The van der Waals surface area contributed by atoms with E-state index in [9.17, 15) is 8.78 Å². The second-order valence-corrected chi connectivity index (χ2v) is 3.74. The normalized spacial score (nSPS) is 40.5. The molecule has 0 aromatic rings. The molecule has 0 aliphatic carbocycles. The van der Waals surface area contributed by atoms with Crippen molar-refractivity contribution >= 4 is 0 Å². The molecule has 12 heavy (non-hydrogen) atoms. The smallest absolute Gasteiger partial charge is 0.267 e. The van der Waals surface area contributed by atoms with E-state index >= 15 is 0 Å². The van der Waals surface area contributed by atoms with Gasteiger partial charge in [-0.25, -0.2) is 8.78 Å². The Morgan fingerprint density at radius 1 is 1.08 bits per heavy atom. The van der Waals surface area contributed by atoms with E-state index in [-0.39, 0.29) is 6.42 Å². The first kappa shape index (κ1) is 8.38. The number of rotatable bonds is 0. The van der Waals surface area contributed by atoms with Crippen molar-refractivity contribution in [2.75, 3.05) is 19.6 Å². The van der Waals surface area contributed by atoms with Gasteiger partial charge in [-0.15, -0.1) is 0 Å². The first-order valence-corrected chi connectivity index (χ1v) is 4.50. The van der Waals surface area contributed by atoms with Crippen LogP contribution in [0.15, 0.2) is 0 Å². The monoisotopic (exact) mass is 176 g/mol. The number of piperidine rings is 1. The van der Waals surface area contributed by atoms with Crippen LogP contribution in [0.25, 0.3) is 0 Å². The highest BCUT2D eigenvalue weighted by Crippen LogP contribution is 2.39. The Balaban J connectivity index is 2.19. The highest BCUT2D eigenvalue weighted by atomic mass is 19.3. The maximum atomic E-state index is 13.5. The molecule has 0 aromatic heterocycles. The summed E-state index contributed by atoms with van der Waals surface area (Å²) in [5, 5.41) is 5.97. The van der Waals surface area contributed by atoms with E-state index in [2.05, 4.69) is 10.6 Å². The van der Waals surface area contributed by atoms with Crippen LogP contribution >= 0.6 is 0 Å². The third-order valence-electron chi connectivity index (χ3n) is 2.99. The number of hydrogen-bond donors (Lipinski definition) is 2. The largest absolute Gasteiger partial charge is 0.315 e. The van der Waals surface area contributed by atoms with Gasteiger partial charge in [0.25, 0.3) is 5.92 Å². The third kappa shape index (κ3) is 1.05. The van der Waals surface area contributed by atoms with E-state index in [1.54, 1.807) is 0 Å². The van der Waals surface area contributed by atoms with Crippen LogP contribution in [-0.2, 0) is 0 Å². The van der Waals surface area contributed by atoms with Crippen molar-refractivity contribution in [1.82, 2.24) is 10.6 Å². The second-order valence-electron chi connectivity index (χ2n) is 3.74. The van der Waals surface area contributed by atoms with E-state index in [0.717, 1.165) is 6.54 Å². The number of alkyl halides is 2. The van der Waals surface area contributed by atoms with Crippen molar-refractivity contribution in [2.45, 2.75) is 30.7 Å². The first-order chi connectivity index (χ1) is 5.66. The van der Waals surface area contributed by atoms with Crippen LogP contribution in [0.2, 0.25) is 0 Å². The van der Waals surface area contributed by atoms with Crippen LogP contribution in [0.1, 0.15) is 19.3 Å². The van der Waals surface area contributed by atoms with Gasteiger partial charge in [-0.2, -0.15) is 0 Å². The lowest BCUT2D eigenvalue weighted by molar-refractivity contribution is -0.105. The Morgan fingerprint density at radius 2 is 1.92 bits per heavy atom. The molecule has 2 heterocycles. The van der Waals surface area contributed by atoms with Crippen LogP contribution in [0.3, 0.4) is 0 Å². The molecule has 1 atom stereocenters. The first-order valence-electron chi connectivity index (χ1n) is 4.50. The summed E-state index contributed by atoms with van der Waals surface area (Å²) in [4.78, 5) is 0. The van der Waals surface area contributed by atoms with Gasteiger partial charge in [-0.1, -0.05) is 0 Å². The van der Waals surface area contributed by atoms with Gasteiger partial charge in [0.15, 0.2) is 0 Å². The fourth-order valence-electron chi connectivity index (χ4n) is 2.16. The van der Waals surface area contributed by atoms with Gasteiger partial charge >= 0.3 is 0 Å². The predicted molar refractivity (Wildman–Crippen MR) is 42.4 cm³/mol. The Kier molecular flexibility index (Phi) is 1.84. The van der Waals surface area contributed by atoms with E-state index in [1.807, 2.05) is 0 Å². The molecule has 0 radical (unpaired) electrons. The zero-order chi connectivity index (χ0) is 8.66. The van der Waals surface area contributed by atoms with Crippen molar-refractivity contribution in [3.05, 3.63) is 0 Å². The molecule has 2 nitrogen and oxygen atoms in total. The quantitative estimate of drug-likeness (QED) is 0.568. The number of hydrogen-bond acceptors (Lipinski definition) is 2. The van der Waals surface area contributed by atoms with E-state index in [0.29, 0.717) is 25.9 Å². The zero-order valence-electron chi connectivity index (χ0n) is 7.00. The minimum absolute atomic E-state index is 0.0433. The lowest BCUT2D eigenvalue weighted by Gasteiger charge is -2.41. The predicted octanol–water partition coefficient (Wildman–Crippen LogP) is 0.737. The molecular weight excluding hydrogens is 162 g/mol. The zero-order valence-corrected chi connectivity index (χ0v) is 7.00. The summed E-state index contributed by atoms with van der Waals surface area (Å²) in [5.74, 6) is -2.52. The Hall–Kier alpha value is -0.220. The topological polar surface area (TPSA) is 24.1 Å². The molecule has 2 N–H and O–H groups in total. The summed E-state index contributed by atoms with van der Waals surface area (Å²) >= 11 is 0. The van der Waals surface area contributed by atoms with Crippen molar-refractivity contribution in [2.24, 2.45) is 0 Å². The van der Waals surface area contributed by atoms with Gasteiger partial charge in [0.2, 0.25) is 0 Å². The Labute approximate surface area is 70.7 Å². The van der Waals surface area contributed by atoms with Crippen molar-refractivity contribution in [1.29, 1.82) is 0 Å². The molecule has 0 bridgehead atoms. The summed E-state index contributed by atoms with van der Waals surface area (Å²) in [6.45, 7) is 1.86. The molecule has 1 spiro atoms. The van der Waals surface area contributed by atoms with Crippen molar-refractivity contribution in [3.8, 4) is 0 Å². The molecule has 0 amide bonds. The lowest BCUT2D eigenvalue weighted by atomic mass is 9.84. The maximum absolute atomic E-state index is 13.5. The lowest BCUT2D eigenvalue weighted by Crippen LogP contribution is -2.63. The van der Waals surface area contributed by atoms with Crippen LogP contribution in [0.4, 0.5) is 8.78 Å². The van der Waals surface area contributed by atoms with Gasteiger partial charge in [0.1, 0.15) is 0 Å². The molecule has 2 aliphatic heterocycles. The number of halogens is 2. The van der Waals surface area contributed by atoms with Gasteiger partial charge in [-0.05, 0) is 25.9 Å². The third-order valence-corrected chi connectivity index (χ3v) is 2.99. The van der Waals surface area contributed by atoms with Gasteiger partial charge < -0.3 is 10.6 Å². The van der Waals surface area contributed by atoms with E-state index in [4.69, 9.17) is 0 Å².